The quantitative estimate of drug-likeness (QED) is 0.782. The first-order valence-corrected chi connectivity index (χ1v) is 5.21. The van der Waals surface area contributed by atoms with E-state index in [1.807, 2.05) is 12.1 Å². The number of aryl methyl sites for hydroxylation is 1. The predicted octanol–water partition coefficient (Wildman–Crippen LogP) is 1.94. The third-order valence-electron chi connectivity index (χ3n) is 2.73. The zero-order chi connectivity index (χ0) is 10.8. The summed E-state index contributed by atoms with van der Waals surface area (Å²) in [4.78, 5) is 14.4. The summed E-state index contributed by atoms with van der Waals surface area (Å²) < 4.78 is 5.09. The van der Waals surface area contributed by atoms with Crippen molar-refractivity contribution >= 4 is 17.6 Å². The molecule has 0 spiro atoms. The van der Waals surface area contributed by atoms with Crippen LogP contribution in [0.1, 0.15) is 22.3 Å². The van der Waals surface area contributed by atoms with Gasteiger partial charge in [-0.1, -0.05) is 6.07 Å². The van der Waals surface area contributed by atoms with Gasteiger partial charge in [0.15, 0.2) is 5.78 Å². The van der Waals surface area contributed by atoms with E-state index in [1.54, 1.807) is 13.2 Å². The fraction of sp³-hybridized carbons (Fsp3) is 0.364. The van der Waals surface area contributed by atoms with Crippen molar-refractivity contribution in [1.82, 2.24) is 4.84 Å². The molecule has 1 aliphatic rings. The number of Topliss-reactive ketones (excluding diaryl/α,β-unsaturated/α-hetero) is 1. The van der Waals surface area contributed by atoms with Crippen LogP contribution in [0.15, 0.2) is 18.2 Å². The molecule has 0 aliphatic heterocycles. The van der Waals surface area contributed by atoms with Crippen molar-refractivity contribution in [2.24, 2.45) is 0 Å². The minimum Gasteiger partial charge on any atom is -0.497 e. The first kappa shape index (κ1) is 10.5. The number of ether oxygens (including phenoxy) is 1. The maximum absolute atomic E-state index is 11.9. The normalized spacial score (nSPS) is 19.9. The molecule has 0 heterocycles. The second-order valence-corrected chi connectivity index (χ2v) is 3.81. The molecule has 0 amide bonds. The van der Waals surface area contributed by atoms with Gasteiger partial charge in [-0.15, -0.1) is 0 Å². The van der Waals surface area contributed by atoms with Crippen molar-refractivity contribution in [2.75, 3.05) is 7.11 Å². The standard InChI is InChI=1S/C11H12ClNO2/c1-15-8-4-2-7-3-5-10(13-12)11(14)9(7)6-8/h2,4,6,10,13H,3,5H2,1H3/t10-/m1/s1. The highest BCUT2D eigenvalue weighted by Crippen LogP contribution is 2.25. The zero-order valence-electron chi connectivity index (χ0n) is 8.42. The number of methoxy groups -OCH3 is 1. The number of rotatable bonds is 2. The van der Waals surface area contributed by atoms with Crippen molar-refractivity contribution in [1.29, 1.82) is 0 Å². The Morgan fingerprint density at radius 2 is 2.33 bits per heavy atom. The summed E-state index contributed by atoms with van der Waals surface area (Å²) in [6.07, 6.45) is 1.62. The highest BCUT2D eigenvalue weighted by Gasteiger charge is 2.26. The molecule has 1 aliphatic carbocycles. The van der Waals surface area contributed by atoms with Crippen LogP contribution in [0.25, 0.3) is 0 Å². The number of halogens is 1. The van der Waals surface area contributed by atoms with Crippen LogP contribution in [0.3, 0.4) is 0 Å². The number of nitrogens with one attached hydrogen (secondary N) is 1. The van der Waals surface area contributed by atoms with Crippen LogP contribution < -0.4 is 9.57 Å². The van der Waals surface area contributed by atoms with E-state index in [1.165, 1.54) is 0 Å². The van der Waals surface area contributed by atoms with Gasteiger partial charge in [0, 0.05) is 5.56 Å². The van der Waals surface area contributed by atoms with Crippen molar-refractivity contribution in [3.05, 3.63) is 29.3 Å². The lowest BCUT2D eigenvalue weighted by atomic mass is 9.87. The Labute approximate surface area is 93.5 Å². The van der Waals surface area contributed by atoms with Crippen molar-refractivity contribution < 1.29 is 9.53 Å². The van der Waals surface area contributed by atoms with Crippen molar-refractivity contribution in [2.45, 2.75) is 18.9 Å². The first-order valence-electron chi connectivity index (χ1n) is 4.83. The minimum absolute atomic E-state index is 0.0464. The van der Waals surface area contributed by atoms with E-state index >= 15 is 0 Å². The fourth-order valence-corrected chi connectivity index (χ4v) is 2.06. The lowest BCUT2D eigenvalue weighted by molar-refractivity contribution is 0.0940. The molecule has 0 bridgehead atoms. The summed E-state index contributed by atoms with van der Waals surface area (Å²) in [5, 5.41) is 0. The van der Waals surface area contributed by atoms with Crippen LogP contribution in [-0.4, -0.2) is 18.9 Å². The molecule has 80 valence electrons. The van der Waals surface area contributed by atoms with E-state index in [-0.39, 0.29) is 11.8 Å². The number of benzene rings is 1. The Hall–Kier alpha value is -1.06. The van der Waals surface area contributed by atoms with Gasteiger partial charge < -0.3 is 4.74 Å². The second-order valence-electron chi connectivity index (χ2n) is 3.59. The van der Waals surface area contributed by atoms with Crippen LogP contribution in [0.4, 0.5) is 0 Å². The molecule has 1 atom stereocenters. The molecule has 3 nitrogen and oxygen atoms in total. The van der Waals surface area contributed by atoms with Gasteiger partial charge >= 0.3 is 0 Å². The zero-order valence-corrected chi connectivity index (χ0v) is 9.17. The number of ketones is 1. The third kappa shape index (κ3) is 1.85. The maximum atomic E-state index is 11.9. The molecule has 2 rings (SSSR count). The fourth-order valence-electron chi connectivity index (χ4n) is 1.85. The van der Waals surface area contributed by atoms with Gasteiger partial charge in [-0.05, 0) is 42.3 Å². The molecule has 0 aromatic heterocycles. The van der Waals surface area contributed by atoms with E-state index in [0.717, 1.165) is 24.0 Å². The first-order chi connectivity index (χ1) is 7.26. The lowest BCUT2D eigenvalue weighted by Crippen LogP contribution is -2.35. The van der Waals surface area contributed by atoms with E-state index in [4.69, 9.17) is 16.5 Å². The second kappa shape index (κ2) is 4.21. The lowest BCUT2D eigenvalue weighted by Gasteiger charge is -2.22. The van der Waals surface area contributed by atoms with Gasteiger partial charge in [0.2, 0.25) is 0 Å². The third-order valence-corrected chi connectivity index (χ3v) is 3.00. The van der Waals surface area contributed by atoms with Crippen LogP contribution in [0.2, 0.25) is 0 Å². The predicted molar refractivity (Wildman–Crippen MR) is 58.4 cm³/mol. The smallest absolute Gasteiger partial charge is 0.181 e. The molecule has 1 aromatic carbocycles. The van der Waals surface area contributed by atoms with E-state index in [9.17, 15) is 4.79 Å². The van der Waals surface area contributed by atoms with E-state index < -0.39 is 0 Å². The summed E-state index contributed by atoms with van der Waals surface area (Å²) in [6.45, 7) is 0. The highest BCUT2D eigenvalue weighted by molar-refractivity contribution is 6.16. The Balaban J connectivity index is 2.40. The molecule has 4 heteroatoms. The van der Waals surface area contributed by atoms with Crippen LogP contribution in [0.5, 0.6) is 5.75 Å². The molecule has 0 fully saturated rings. The average molecular weight is 226 g/mol. The highest BCUT2D eigenvalue weighted by atomic mass is 35.5. The van der Waals surface area contributed by atoms with Gasteiger partial charge in [0.05, 0.1) is 13.2 Å². The number of carbonyl (C=O) groups is 1. The van der Waals surface area contributed by atoms with Crippen molar-refractivity contribution in [3.8, 4) is 5.75 Å². The molecule has 1 aromatic rings. The van der Waals surface area contributed by atoms with Gasteiger partial charge in [-0.25, -0.2) is 4.84 Å². The SMILES string of the molecule is COc1ccc2c(c1)C(=O)[C@H](NCl)CC2. The molecule has 0 saturated heterocycles. The topological polar surface area (TPSA) is 38.3 Å². The Morgan fingerprint density at radius 3 is 3.00 bits per heavy atom. The van der Waals surface area contributed by atoms with Gasteiger partial charge in [-0.2, -0.15) is 0 Å². The molecule has 0 radical (unpaired) electrons. The van der Waals surface area contributed by atoms with Crippen molar-refractivity contribution in [3.63, 3.8) is 0 Å². The molecule has 0 saturated carbocycles. The number of carbonyl (C=O) groups excluding carboxylic acids is 1. The van der Waals surface area contributed by atoms with Crippen LogP contribution in [-0.2, 0) is 6.42 Å². The Morgan fingerprint density at radius 1 is 1.53 bits per heavy atom. The van der Waals surface area contributed by atoms with Gasteiger partial charge in [-0.3, -0.25) is 4.79 Å². The van der Waals surface area contributed by atoms with Gasteiger partial charge in [0.1, 0.15) is 5.75 Å². The summed E-state index contributed by atoms with van der Waals surface area (Å²) in [6, 6.07) is 5.32. The summed E-state index contributed by atoms with van der Waals surface area (Å²) in [5.74, 6) is 0.752. The monoisotopic (exact) mass is 225 g/mol. The van der Waals surface area contributed by atoms with Crippen LogP contribution >= 0.6 is 11.8 Å². The summed E-state index contributed by atoms with van der Waals surface area (Å²) in [5.41, 5.74) is 1.79. The number of fused-ring (bicyclic) bond motifs is 1. The maximum Gasteiger partial charge on any atom is 0.181 e. The molecular weight excluding hydrogens is 214 g/mol. The largest absolute Gasteiger partial charge is 0.497 e. The van der Waals surface area contributed by atoms with Crippen LogP contribution in [0, 0.1) is 0 Å². The molecular formula is C11H12ClNO2. The Bertz CT molecular complexity index is 392. The Kier molecular flexibility index (Phi) is 2.93. The van der Waals surface area contributed by atoms with Gasteiger partial charge in [0.25, 0.3) is 0 Å². The van der Waals surface area contributed by atoms with E-state index in [0.29, 0.717) is 5.75 Å². The number of hydrogen-bond donors (Lipinski definition) is 1. The summed E-state index contributed by atoms with van der Waals surface area (Å²) in [7, 11) is 1.59. The average Bonchev–Trinajstić information content (AvgIpc) is 2.29. The van der Waals surface area contributed by atoms with E-state index in [2.05, 4.69) is 4.84 Å². The minimum atomic E-state index is -0.272. The molecule has 15 heavy (non-hydrogen) atoms. The summed E-state index contributed by atoms with van der Waals surface area (Å²) >= 11 is 5.51. The number of hydrogen-bond acceptors (Lipinski definition) is 3. The molecule has 1 N–H and O–H groups in total. The molecule has 0 unspecified atom stereocenters.